The Morgan fingerprint density at radius 1 is 0.396 bits per heavy atom. The third kappa shape index (κ3) is 4.07. The molecule has 0 fully saturated rings. The summed E-state index contributed by atoms with van der Waals surface area (Å²) in [6.07, 6.45) is 0. The Kier molecular flexibility index (Phi) is 6.22. The van der Waals surface area contributed by atoms with Gasteiger partial charge in [-0.1, -0.05) is 103 Å². The lowest BCUT2D eigenvalue weighted by Crippen LogP contribution is -2.02. The van der Waals surface area contributed by atoms with E-state index in [-0.39, 0.29) is 0 Å². The maximum absolute atomic E-state index is 10.6. The first kappa shape index (κ1) is 27.4. The second-order valence-electron chi connectivity index (χ2n) is 12.0. The van der Waals surface area contributed by atoms with Crippen molar-refractivity contribution in [2.24, 2.45) is 0 Å². The standard InChI is InChI=1S/C44H26N4/c45-27-29-21-24-43-39(25-29)36-16-6-9-20-42(36)48(43)44-31(28-46)13-10-17-37(44)33-23-22-32(26-38(33)30-11-2-1-3-12-30)47-40-18-7-4-14-34(40)35-15-5-8-19-41(35)47/h1-26H. The fourth-order valence-electron chi connectivity index (χ4n) is 7.34. The van der Waals surface area contributed by atoms with Gasteiger partial charge >= 0.3 is 0 Å². The summed E-state index contributed by atoms with van der Waals surface area (Å²) in [5.41, 5.74) is 11.4. The number of nitriles is 2. The van der Waals surface area contributed by atoms with Crippen LogP contribution in [-0.4, -0.2) is 9.13 Å². The molecule has 0 N–H and O–H groups in total. The van der Waals surface area contributed by atoms with Crippen LogP contribution in [-0.2, 0) is 0 Å². The van der Waals surface area contributed by atoms with Gasteiger partial charge in [0.25, 0.3) is 0 Å². The Morgan fingerprint density at radius 2 is 1.00 bits per heavy atom. The van der Waals surface area contributed by atoms with Crippen molar-refractivity contribution in [3.8, 4) is 45.8 Å². The fourth-order valence-corrected chi connectivity index (χ4v) is 7.34. The van der Waals surface area contributed by atoms with Crippen molar-refractivity contribution < 1.29 is 0 Å². The molecular formula is C44H26N4. The van der Waals surface area contributed by atoms with E-state index in [1.165, 1.54) is 10.8 Å². The Morgan fingerprint density at radius 3 is 1.67 bits per heavy atom. The van der Waals surface area contributed by atoms with Gasteiger partial charge in [-0.25, -0.2) is 0 Å². The summed E-state index contributed by atoms with van der Waals surface area (Å²) in [6.45, 7) is 0. The highest BCUT2D eigenvalue weighted by Crippen LogP contribution is 2.42. The fraction of sp³-hybridized carbons (Fsp3) is 0. The van der Waals surface area contributed by atoms with E-state index in [0.717, 1.165) is 66.5 Å². The van der Waals surface area contributed by atoms with Crippen LogP contribution in [0, 0.1) is 22.7 Å². The van der Waals surface area contributed by atoms with Gasteiger partial charge in [-0.3, -0.25) is 0 Å². The largest absolute Gasteiger partial charge is 0.309 e. The summed E-state index contributed by atoms with van der Waals surface area (Å²) in [5, 5.41) is 24.7. The first-order chi connectivity index (χ1) is 23.7. The van der Waals surface area contributed by atoms with Crippen LogP contribution in [0.2, 0.25) is 0 Å². The van der Waals surface area contributed by atoms with E-state index in [4.69, 9.17) is 0 Å². The summed E-state index contributed by atoms with van der Waals surface area (Å²) in [4.78, 5) is 0. The topological polar surface area (TPSA) is 57.4 Å². The van der Waals surface area contributed by atoms with Gasteiger partial charge in [-0.05, 0) is 71.3 Å². The first-order valence-electron chi connectivity index (χ1n) is 15.9. The summed E-state index contributed by atoms with van der Waals surface area (Å²) in [7, 11) is 0. The van der Waals surface area contributed by atoms with Gasteiger partial charge in [0.2, 0.25) is 0 Å². The van der Waals surface area contributed by atoms with E-state index in [2.05, 4.69) is 130 Å². The monoisotopic (exact) mass is 610 g/mol. The molecule has 0 bridgehead atoms. The summed E-state index contributed by atoms with van der Waals surface area (Å²) >= 11 is 0. The van der Waals surface area contributed by atoms with E-state index >= 15 is 0 Å². The van der Waals surface area contributed by atoms with Crippen molar-refractivity contribution >= 4 is 43.6 Å². The molecule has 0 amide bonds. The van der Waals surface area contributed by atoms with Crippen LogP contribution in [0.4, 0.5) is 0 Å². The minimum atomic E-state index is 0.574. The average Bonchev–Trinajstić information content (AvgIpc) is 3.67. The first-order valence-corrected chi connectivity index (χ1v) is 15.9. The molecular weight excluding hydrogens is 585 g/mol. The summed E-state index contributed by atoms with van der Waals surface area (Å²) in [5.74, 6) is 0. The third-order valence-electron chi connectivity index (χ3n) is 9.40. The lowest BCUT2D eigenvalue weighted by Gasteiger charge is -2.19. The molecule has 4 heteroatoms. The van der Waals surface area contributed by atoms with Gasteiger partial charge in [-0.2, -0.15) is 10.5 Å². The van der Waals surface area contributed by atoms with Crippen molar-refractivity contribution in [2.75, 3.05) is 0 Å². The highest BCUT2D eigenvalue weighted by atomic mass is 15.0. The van der Waals surface area contributed by atoms with E-state index in [0.29, 0.717) is 11.1 Å². The van der Waals surface area contributed by atoms with Gasteiger partial charge in [0, 0.05) is 32.8 Å². The van der Waals surface area contributed by atoms with Crippen LogP contribution in [0.1, 0.15) is 11.1 Å². The van der Waals surface area contributed by atoms with Crippen molar-refractivity contribution in [3.05, 3.63) is 169 Å². The molecule has 7 aromatic carbocycles. The maximum Gasteiger partial charge on any atom is 0.101 e. The minimum Gasteiger partial charge on any atom is -0.309 e. The van der Waals surface area contributed by atoms with Gasteiger partial charge in [-0.15, -0.1) is 0 Å². The van der Waals surface area contributed by atoms with Gasteiger partial charge < -0.3 is 9.13 Å². The van der Waals surface area contributed by atoms with Gasteiger partial charge in [0.05, 0.1) is 45.0 Å². The maximum atomic E-state index is 10.6. The lowest BCUT2D eigenvalue weighted by atomic mass is 9.91. The molecule has 0 spiro atoms. The van der Waals surface area contributed by atoms with Crippen LogP contribution in [0.25, 0.3) is 77.2 Å². The Bertz CT molecular complexity index is 2750. The quantitative estimate of drug-likeness (QED) is 0.199. The van der Waals surface area contributed by atoms with Crippen molar-refractivity contribution in [3.63, 3.8) is 0 Å². The van der Waals surface area contributed by atoms with E-state index in [1.54, 1.807) is 0 Å². The number of hydrogen-bond donors (Lipinski definition) is 0. The SMILES string of the molecule is N#Cc1ccc2c(c1)c1ccccc1n2-c1c(C#N)cccc1-c1ccc(-n2c3ccccc3c3ccccc32)cc1-c1ccccc1. The molecule has 0 saturated carbocycles. The van der Waals surface area contributed by atoms with E-state index in [1.807, 2.05) is 48.5 Å². The van der Waals surface area contributed by atoms with Gasteiger partial charge in [0.15, 0.2) is 0 Å². The minimum absolute atomic E-state index is 0.574. The smallest absolute Gasteiger partial charge is 0.101 e. The van der Waals surface area contributed by atoms with E-state index < -0.39 is 0 Å². The predicted octanol–water partition coefficient (Wildman–Crippen LogP) is 11.0. The zero-order valence-electron chi connectivity index (χ0n) is 25.8. The molecule has 9 rings (SSSR count). The zero-order valence-corrected chi connectivity index (χ0v) is 25.8. The molecule has 2 aromatic heterocycles. The van der Waals surface area contributed by atoms with Gasteiger partial charge in [0.1, 0.15) is 6.07 Å². The number of benzene rings is 7. The number of para-hydroxylation sites is 4. The van der Waals surface area contributed by atoms with Crippen molar-refractivity contribution in [2.45, 2.75) is 0 Å². The Labute approximate surface area is 277 Å². The third-order valence-corrected chi connectivity index (χ3v) is 9.40. The Balaban J connectivity index is 1.37. The predicted molar refractivity (Wildman–Crippen MR) is 195 cm³/mol. The van der Waals surface area contributed by atoms with Crippen LogP contribution >= 0.6 is 0 Å². The van der Waals surface area contributed by atoms with Crippen LogP contribution < -0.4 is 0 Å². The number of aromatic nitrogens is 2. The highest BCUT2D eigenvalue weighted by molar-refractivity contribution is 6.11. The number of rotatable bonds is 4. The molecule has 222 valence electrons. The molecule has 0 aliphatic rings. The number of fused-ring (bicyclic) bond motifs is 6. The summed E-state index contributed by atoms with van der Waals surface area (Å²) < 4.78 is 4.53. The average molecular weight is 611 g/mol. The zero-order chi connectivity index (χ0) is 32.2. The molecule has 0 aliphatic heterocycles. The van der Waals surface area contributed by atoms with E-state index in [9.17, 15) is 10.5 Å². The molecule has 48 heavy (non-hydrogen) atoms. The second kappa shape index (κ2) is 10.9. The lowest BCUT2D eigenvalue weighted by molar-refractivity contribution is 1.16. The van der Waals surface area contributed by atoms with Crippen molar-refractivity contribution in [1.82, 2.24) is 9.13 Å². The highest BCUT2D eigenvalue weighted by Gasteiger charge is 2.22. The second-order valence-corrected chi connectivity index (χ2v) is 12.0. The molecule has 0 unspecified atom stereocenters. The molecule has 0 saturated heterocycles. The number of hydrogen-bond acceptors (Lipinski definition) is 2. The molecule has 2 heterocycles. The van der Waals surface area contributed by atoms with Crippen LogP contribution in [0.15, 0.2) is 158 Å². The molecule has 9 aromatic rings. The molecule has 0 atom stereocenters. The Hall–Kier alpha value is -6.88. The molecule has 4 nitrogen and oxygen atoms in total. The van der Waals surface area contributed by atoms with Crippen LogP contribution in [0.3, 0.4) is 0 Å². The van der Waals surface area contributed by atoms with Crippen molar-refractivity contribution in [1.29, 1.82) is 10.5 Å². The van der Waals surface area contributed by atoms with Crippen LogP contribution in [0.5, 0.6) is 0 Å². The normalized spacial score (nSPS) is 11.3. The number of nitrogens with zero attached hydrogens (tertiary/aromatic N) is 4. The summed E-state index contributed by atoms with van der Waals surface area (Å²) in [6, 6.07) is 59.0. The molecule has 0 aliphatic carbocycles. The molecule has 0 radical (unpaired) electrons.